The fraction of sp³-hybridized carbons (Fsp3) is 0.409. The number of nitrogens with one attached hydrogen (secondary N) is 1. The SMILES string of the molecule is CC(C)c1csc(CN2CCC(n3nccc3NC(=O)c3ccccc3Cl)CC2)n1. The molecule has 30 heavy (non-hydrogen) atoms. The summed E-state index contributed by atoms with van der Waals surface area (Å²) < 4.78 is 1.94. The van der Waals surface area contributed by atoms with Crippen molar-refractivity contribution in [3.8, 4) is 0 Å². The van der Waals surface area contributed by atoms with Crippen LogP contribution in [0.3, 0.4) is 0 Å². The number of hydrogen-bond acceptors (Lipinski definition) is 5. The number of piperidine rings is 1. The summed E-state index contributed by atoms with van der Waals surface area (Å²) in [6.45, 7) is 7.23. The predicted molar refractivity (Wildman–Crippen MR) is 121 cm³/mol. The van der Waals surface area contributed by atoms with Crippen LogP contribution in [0.15, 0.2) is 41.9 Å². The van der Waals surface area contributed by atoms with Gasteiger partial charge in [0.25, 0.3) is 5.91 Å². The molecule has 0 aliphatic carbocycles. The number of hydrogen-bond donors (Lipinski definition) is 1. The smallest absolute Gasteiger partial charge is 0.258 e. The molecule has 1 aromatic carbocycles. The minimum Gasteiger partial charge on any atom is -0.307 e. The largest absolute Gasteiger partial charge is 0.307 e. The Morgan fingerprint density at radius 1 is 1.27 bits per heavy atom. The van der Waals surface area contributed by atoms with Crippen LogP contribution in [0.5, 0.6) is 0 Å². The van der Waals surface area contributed by atoms with Crippen molar-refractivity contribution >= 4 is 34.7 Å². The molecule has 0 unspecified atom stereocenters. The first-order valence-corrected chi connectivity index (χ1v) is 11.5. The quantitative estimate of drug-likeness (QED) is 0.568. The van der Waals surface area contributed by atoms with Gasteiger partial charge in [-0.3, -0.25) is 9.69 Å². The van der Waals surface area contributed by atoms with Crippen molar-refractivity contribution in [3.05, 3.63) is 63.2 Å². The molecule has 8 heteroatoms. The maximum absolute atomic E-state index is 12.6. The van der Waals surface area contributed by atoms with Crippen molar-refractivity contribution in [3.63, 3.8) is 0 Å². The number of carbonyl (C=O) groups is 1. The van der Waals surface area contributed by atoms with Crippen molar-refractivity contribution in [2.45, 2.75) is 45.2 Å². The summed E-state index contributed by atoms with van der Waals surface area (Å²) in [5, 5.41) is 11.2. The average molecular weight is 444 g/mol. The van der Waals surface area contributed by atoms with Gasteiger partial charge in [-0.15, -0.1) is 11.3 Å². The Kier molecular flexibility index (Phi) is 6.51. The Bertz CT molecular complexity index is 1010. The maximum Gasteiger partial charge on any atom is 0.258 e. The van der Waals surface area contributed by atoms with Crippen LogP contribution in [0, 0.1) is 0 Å². The first-order valence-electron chi connectivity index (χ1n) is 10.3. The fourth-order valence-corrected chi connectivity index (χ4v) is 4.93. The lowest BCUT2D eigenvalue weighted by molar-refractivity contribution is 0.102. The van der Waals surface area contributed by atoms with Crippen molar-refractivity contribution in [1.82, 2.24) is 19.7 Å². The van der Waals surface area contributed by atoms with Gasteiger partial charge in [0.2, 0.25) is 0 Å². The van der Waals surface area contributed by atoms with Crippen LogP contribution >= 0.6 is 22.9 Å². The molecule has 0 atom stereocenters. The summed E-state index contributed by atoms with van der Waals surface area (Å²) in [4.78, 5) is 19.8. The molecule has 4 rings (SSSR count). The van der Waals surface area contributed by atoms with Crippen LogP contribution in [0.1, 0.15) is 59.7 Å². The third-order valence-electron chi connectivity index (χ3n) is 5.45. The van der Waals surface area contributed by atoms with Gasteiger partial charge in [0, 0.05) is 24.5 Å². The topological polar surface area (TPSA) is 63.1 Å². The lowest BCUT2D eigenvalue weighted by Gasteiger charge is -2.32. The number of anilines is 1. The molecule has 1 fully saturated rings. The molecule has 1 aliphatic rings. The molecular weight excluding hydrogens is 418 g/mol. The van der Waals surface area contributed by atoms with E-state index in [-0.39, 0.29) is 11.9 Å². The lowest BCUT2D eigenvalue weighted by Crippen LogP contribution is -2.35. The van der Waals surface area contributed by atoms with Gasteiger partial charge in [0.05, 0.1) is 35.1 Å². The molecule has 158 valence electrons. The highest BCUT2D eigenvalue weighted by molar-refractivity contribution is 7.09. The molecule has 0 bridgehead atoms. The van der Waals surface area contributed by atoms with Gasteiger partial charge < -0.3 is 5.32 Å². The highest BCUT2D eigenvalue weighted by Crippen LogP contribution is 2.28. The van der Waals surface area contributed by atoms with E-state index in [1.807, 2.05) is 16.8 Å². The number of nitrogens with zero attached hydrogens (tertiary/aromatic N) is 4. The van der Waals surface area contributed by atoms with E-state index in [9.17, 15) is 4.79 Å². The van der Waals surface area contributed by atoms with E-state index in [4.69, 9.17) is 16.6 Å². The highest BCUT2D eigenvalue weighted by Gasteiger charge is 2.24. The summed E-state index contributed by atoms with van der Waals surface area (Å²) in [7, 11) is 0. The summed E-state index contributed by atoms with van der Waals surface area (Å²) in [5.41, 5.74) is 1.64. The summed E-state index contributed by atoms with van der Waals surface area (Å²) in [5.74, 6) is 0.962. The monoisotopic (exact) mass is 443 g/mol. The molecule has 3 aromatic rings. The third kappa shape index (κ3) is 4.74. The normalized spacial score (nSPS) is 15.6. The molecule has 3 heterocycles. The van der Waals surface area contributed by atoms with Crippen LogP contribution < -0.4 is 5.32 Å². The van der Waals surface area contributed by atoms with E-state index in [1.165, 1.54) is 10.7 Å². The molecule has 6 nitrogen and oxygen atoms in total. The Labute approximate surface area is 185 Å². The van der Waals surface area contributed by atoms with Crippen LogP contribution in [0.4, 0.5) is 5.82 Å². The molecule has 1 saturated heterocycles. The number of benzene rings is 1. The van der Waals surface area contributed by atoms with Gasteiger partial charge in [-0.1, -0.05) is 37.6 Å². The van der Waals surface area contributed by atoms with E-state index >= 15 is 0 Å². The predicted octanol–water partition coefficient (Wildman–Crippen LogP) is 5.21. The van der Waals surface area contributed by atoms with E-state index < -0.39 is 0 Å². The molecule has 0 saturated carbocycles. The van der Waals surface area contributed by atoms with Crippen molar-refractivity contribution in [1.29, 1.82) is 0 Å². The first kappa shape index (κ1) is 21.0. The number of thiazole rings is 1. The number of aromatic nitrogens is 3. The number of likely N-dealkylation sites (tertiary alicyclic amines) is 1. The first-order chi connectivity index (χ1) is 14.5. The van der Waals surface area contributed by atoms with E-state index in [0.29, 0.717) is 22.3 Å². The van der Waals surface area contributed by atoms with Crippen LogP contribution in [-0.4, -0.2) is 38.7 Å². The minimum absolute atomic E-state index is 0.218. The molecule has 1 amide bonds. The maximum atomic E-state index is 12.6. The number of amides is 1. The van der Waals surface area contributed by atoms with Crippen LogP contribution in [0.25, 0.3) is 0 Å². The second-order valence-electron chi connectivity index (χ2n) is 7.92. The zero-order chi connectivity index (χ0) is 21.1. The summed E-state index contributed by atoms with van der Waals surface area (Å²) in [6, 6.07) is 9.16. The van der Waals surface area contributed by atoms with E-state index in [0.717, 1.165) is 32.5 Å². The van der Waals surface area contributed by atoms with Crippen molar-refractivity contribution in [2.24, 2.45) is 0 Å². The number of carbonyl (C=O) groups excluding carboxylic acids is 1. The fourth-order valence-electron chi connectivity index (χ4n) is 3.71. The van der Waals surface area contributed by atoms with Gasteiger partial charge in [-0.2, -0.15) is 5.10 Å². The van der Waals surface area contributed by atoms with Gasteiger partial charge >= 0.3 is 0 Å². The second-order valence-corrected chi connectivity index (χ2v) is 9.27. The molecular formula is C22H26ClN5OS. The zero-order valence-electron chi connectivity index (χ0n) is 17.2. The van der Waals surface area contributed by atoms with Gasteiger partial charge in [0.1, 0.15) is 10.8 Å². The number of halogens is 1. The molecule has 1 N–H and O–H groups in total. The average Bonchev–Trinajstić information content (AvgIpc) is 3.39. The highest BCUT2D eigenvalue weighted by atomic mass is 35.5. The number of rotatable bonds is 6. The Morgan fingerprint density at radius 3 is 2.73 bits per heavy atom. The summed E-state index contributed by atoms with van der Waals surface area (Å²) >= 11 is 7.91. The standard InChI is InChI=1S/C22H26ClN5OS/c1-15(2)19-14-30-21(25-19)13-27-11-8-16(9-12-27)28-20(7-10-24-28)26-22(29)17-5-3-4-6-18(17)23/h3-7,10,14-16H,8-9,11-13H2,1-2H3,(H,26,29). The van der Waals surface area contributed by atoms with Crippen molar-refractivity contribution < 1.29 is 4.79 Å². The Hall–Kier alpha value is -2.22. The second kappa shape index (κ2) is 9.29. The minimum atomic E-state index is -0.218. The molecule has 0 radical (unpaired) electrons. The van der Waals surface area contributed by atoms with Gasteiger partial charge in [0.15, 0.2) is 0 Å². The third-order valence-corrected chi connectivity index (χ3v) is 6.63. The van der Waals surface area contributed by atoms with Crippen LogP contribution in [-0.2, 0) is 6.54 Å². The van der Waals surface area contributed by atoms with Gasteiger partial charge in [-0.25, -0.2) is 9.67 Å². The molecule has 1 aliphatic heterocycles. The Morgan fingerprint density at radius 2 is 2.03 bits per heavy atom. The van der Waals surface area contributed by atoms with Crippen LogP contribution in [0.2, 0.25) is 5.02 Å². The van der Waals surface area contributed by atoms with Gasteiger partial charge in [-0.05, 0) is 30.9 Å². The zero-order valence-corrected chi connectivity index (χ0v) is 18.8. The lowest BCUT2D eigenvalue weighted by atomic mass is 10.1. The van der Waals surface area contributed by atoms with E-state index in [1.54, 1.807) is 35.7 Å². The van der Waals surface area contributed by atoms with Crippen molar-refractivity contribution in [2.75, 3.05) is 18.4 Å². The summed E-state index contributed by atoms with van der Waals surface area (Å²) in [6.07, 6.45) is 3.70. The Balaban J connectivity index is 1.36. The molecule has 0 spiro atoms. The molecule has 2 aromatic heterocycles. The van der Waals surface area contributed by atoms with E-state index in [2.05, 4.69) is 34.5 Å².